The first-order valence-corrected chi connectivity index (χ1v) is 8.18. The fourth-order valence-electron chi connectivity index (χ4n) is 3.70. The molecule has 19 heavy (non-hydrogen) atoms. The zero-order valence-electron chi connectivity index (χ0n) is 12.3. The van der Waals surface area contributed by atoms with Crippen LogP contribution in [0.3, 0.4) is 0 Å². The third kappa shape index (κ3) is 3.20. The summed E-state index contributed by atoms with van der Waals surface area (Å²) in [6, 6.07) is 7.68. The van der Waals surface area contributed by atoms with E-state index < -0.39 is 0 Å². The van der Waals surface area contributed by atoms with Gasteiger partial charge in [0, 0.05) is 6.04 Å². The molecule has 0 spiro atoms. The number of rotatable bonds is 4. The van der Waals surface area contributed by atoms with Crippen LogP contribution in [0.5, 0.6) is 0 Å². The van der Waals surface area contributed by atoms with Crippen LogP contribution in [0.15, 0.2) is 18.2 Å². The fourth-order valence-corrected chi connectivity index (χ4v) is 3.70. The molecule has 0 amide bonds. The van der Waals surface area contributed by atoms with Gasteiger partial charge in [-0.2, -0.15) is 0 Å². The molecule has 0 bridgehead atoms. The van der Waals surface area contributed by atoms with Crippen molar-refractivity contribution in [3.05, 3.63) is 34.9 Å². The highest BCUT2D eigenvalue weighted by atomic mass is 14.9. The lowest BCUT2D eigenvalue weighted by molar-refractivity contribution is 0.452. The predicted octanol–water partition coefficient (Wildman–Crippen LogP) is 4.41. The lowest BCUT2D eigenvalue weighted by atomic mass is 9.89. The Morgan fingerprint density at radius 3 is 2.58 bits per heavy atom. The molecule has 2 aliphatic rings. The molecule has 1 saturated carbocycles. The third-order valence-corrected chi connectivity index (χ3v) is 5.06. The molecule has 1 N–H and O–H groups in total. The van der Waals surface area contributed by atoms with Gasteiger partial charge in [0.25, 0.3) is 0 Å². The van der Waals surface area contributed by atoms with Crippen molar-refractivity contribution in [1.29, 1.82) is 0 Å². The molecule has 0 heterocycles. The SMILES string of the molecule is CC(NCC1CCCC1)c1ccc2c(c1)CCCC2. The smallest absolute Gasteiger partial charge is 0.0292 e. The van der Waals surface area contributed by atoms with Gasteiger partial charge >= 0.3 is 0 Å². The molecule has 1 nitrogen and oxygen atoms in total. The van der Waals surface area contributed by atoms with Gasteiger partial charge in [0.05, 0.1) is 0 Å². The molecule has 1 unspecified atom stereocenters. The largest absolute Gasteiger partial charge is 0.310 e. The lowest BCUT2D eigenvalue weighted by Crippen LogP contribution is -2.24. The van der Waals surface area contributed by atoms with E-state index in [4.69, 9.17) is 0 Å². The first-order valence-electron chi connectivity index (χ1n) is 8.18. The second kappa shape index (κ2) is 6.09. The Kier molecular flexibility index (Phi) is 4.22. The summed E-state index contributed by atoms with van der Waals surface area (Å²) in [5.74, 6) is 0.931. The number of benzene rings is 1. The van der Waals surface area contributed by atoms with Gasteiger partial charge in [0.15, 0.2) is 0 Å². The Morgan fingerprint density at radius 1 is 1.05 bits per heavy atom. The van der Waals surface area contributed by atoms with Crippen LogP contribution in [-0.4, -0.2) is 6.54 Å². The van der Waals surface area contributed by atoms with Crippen LogP contribution in [0.2, 0.25) is 0 Å². The van der Waals surface area contributed by atoms with Crippen molar-refractivity contribution in [2.75, 3.05) is 6.54 Å². The van der Waals surface area contributed by atoms with Crippen molar-refractivity contribution >= 4 is 0 Å². The molecule has 0 aromatic heterocycles. The molecular weight excluding hydrogens is 230 g/mol. The van der Waals surface area contributed by atoms with E-state index in [1.165, 1.54) is 63.5 Å². The highest BCUT2D eigenvalue weighted by Crippen LogP contribution is 2.27. The predicted molar refractivity (Wildman–Crippen MR) is 81.5 cm³/mol. The molecule has 3 rings (SSSR count). The molecule has 1 fully saturated rings. The van der Waals surface area contributed by atoms with Crippen LogP contribution in [0, 0.1) is 5.92 Å². The van der Waals surface area contributed by atoms with Gasteiger partial charge in [0.2, 0.25) is 0 Å². The average molecular weight is 257 g/mol. The number of hydrogen-bond acceptors (Lipinski definition) is 1. The maximum absolute atomic E-state index is 3.75. The summed E-state index contributed by atoms with van der Waals surface area (Å²) in [6.07, 6.45) is 11.1. The van der Waals surface area contributed by atoms with Gasteiger partial charge in [-0.3, -0.25) is 0 Å². The second-order valence-electron chi connectivity index (χ2n) is 6.52. The summed E-state index contributed by atoms with van der Waals surface area (Å²) in [4.78, 5) is 0. The van der Waals surface area contributed by atoms with Gasteiger partial charge in [-0.1, -0.05) is 31.0 Å². The first-order chi connectivity index (χ1) is 9.33. The molecule has 1 atom stereocenters. The summed E-state index contributed by atoms with van der Waals surface area (Å²) in [5.41, 5.74) is 4.69. The second-order valence-corrected chi connectivity index (χ2v) is 6.52. The molecule has 2 aliphatic carbocycles. The van der Waals surface area contributed by atoms with E-state index >= 15 is 0 Å². The van der Waals surface area contributed by atoms with Crippen molar-refractivity contribution in [2.24, 2.45) is 5.92 Å². The van der Waals surface area contributed by atoms with E-state index in [9.17, 15) is 0 Å². The fraction of sp³-hybridized carbons (Fsp3) is 0.667. The molecule has 0 aliphatic heterocycles. The molecule has 1 aromatic carbocycles. The summed E-state index contributed by atoms with van der Waals surface area (Å²) in [6.45, 7) is 3.53. The van der Waals surface area contributed by atoms with Crippen molar-refractivity contribution < 1.29 is 0 Å². The van der Waals surface area contributed by atoms with Crippen molar-refractivity contribution in [2.45, 2.75) is 64.3 Å². The summed E-state index contributed by atoms with van der Waals surface area (Å²) in [7, 11) is 0. The number of nitrogens with one attached hydrogen (secondary N) is 1. The Labute approximate surface area is 117 Å². The van der Waals surface area contributed by atoms with E-state index in [0.29, 0.717) is 6.04 Å². The topological polar surface area (TPSA) is 12.0 Å². The molecule has 1 heteroatoms. The van der Waals surface area contributed by atoms with Gasteiger partial charge in [-0.15, -0.1) is 0 Å². The Bertz CT molecular complexity index is 418. The normalized spacial score (nSPS) is 21.3. The maximum atomic E-state index is 3.75. The van der Waals surface area contributed by atoms with Crippen molar-refractivity contribution in [3.8, 4) is 0 Å². The van der Waals surface area contributed by atoms with E-state index in [0.717, 1.165) is 5.92 Å². The standard InChI is InChI=1S/C18H27N/c1-14(19-13-15-6-2-3-7-15)17-11-10-16-8-4-5-9-18(16)12-17/h10-12,14-15,19H,2-9,13H2,1H3. The monoisotopic (exact) mass is 257 g/mol. The Balaban J connectivity index is 1.60. The Morgan fingerprint density at radius 2 is 1.79 bits per heavy atom. The molecule has 0 radical (unpaired) electrons. The van der Waals surface area contributed by atoms with Crippen LogP contribution in [0.1, 0.15) is 68.2 Å². The number of hydrogen-bond donors (Lipinski definition) is 1. The van der Waals surface area contributed by atoms with Crippen LogP contribution >= 0.6 is 0 Å². The molecule has 1 aromatic rings. The lowest BCUT2D eigenvalue weighted by Gasteiger charge is -2.21. The van der Waals surface area contributed by atoms with Crippen LogP contribution in [0.25, 0.3) is 0 Å². The van der Waals surface area contributed by atoms with E-state index in [1.807, 2.05) is 0 Å². The van der Waals surface area contributed by atoms with Gasteiger partial charge in [-0.05, 0) is 74.6 Å². The summed E-state index contributed by atoms with van der Waals surface area (Å²) < 4.78 is 0. The number of aryl methyl sites for hydroxylation is 2. The van der Waals surface area contributed by atoms with Gasteiger partial charge < -0.3 is 5.32 Å². The maximum Gasteiger partial charge on any atom is 0.0292 e. The number of fused-ring (bicyclic) bond motifs is 1. The molecular formula is C18H27N. The summed E-state index contributed by atoms with van der Waals surface area (Å²) >= 11 is 0. The molecule has 104 valence electrons. The van der Waals surface area contributed by atoms with Crippen LogP contribution in [0.4, 0.5) is 0 Å². The first kappa shape index (κ1) is 13.2. The van der Waals surface area contributed by atoms with E-state index in [2.05, 4.69) is 30.4 Å². The summed E-state index contributed by atoms with van der Waals surface area (Å²) in [5, 5.41) is 3.75. The van der Waals surface area contributed by atoms with E-state index in [1.54, 1.807) is 11.1 Å². The zero-order chi connectivity index (χ0) is 13.1. The van der Waals surface area contributed by atoms with Gasteiger partial charge in [0.1, 0.15) is 0 Å². The molecule has 0 saturated heterocycles. The van der Waals surface area contributed by atoms with Crippen molar-refractivity contribution in [3.63, 3.8) is 0 Å². The Hall–Kier alpha value is -0.820. The van der Waals surface area contributed by atoms with Crippen LogP contribution < -0.4 is 5.32 Å². The van der Waals surface area contributed by atoms with Crippen LogP contribution in [-0.2, 0) is 12.8 Å². The van der Waals surface area contributed by atoms with Gasteiger partial charge in [-0.25, -0.2) is 0 Å². The average Bonchev–Trinajstić information content (AvgIpc) is 2.97. The minimum Gasteiger partial charge on any atom is -0.310 e. The minimum atomic E-state index is 0.507. The quantitative estimate of drug-likeness (QED) is 0.842. The third-order valence-electron chi connectivity index (χ3n) is 5.06. The van der Waals surface area contributed by atoms with E-state index in [-0.39, 0.29) is 0 Å². The van der Waals surface area contributed by atoms with Crippen molar-refractivity contribution in [1.82, 2.24) is 5.32 Å². The minimum absolute atomic E-state index is 0.507. The highest BCUT2D eigenvalue weighted by molar-refractivity contribution is 5.35. The zero-order valence-corrected chi connectivity index (χ0v) is 12.3. The highest BCUT2D eigenvalue weighted by Gasteiger charge is 2.17.